The highest BCUT2D eigenvalue weighted by Gasteiger charge is 2.10. The molecule has 18 heavy (non-hydrogen) atoms. The van der Waals surface area contributed by atoms with Gasteiger partial charge in [0.25, 0.3) is 5.89 Å². The number of halogens is 2. The zero-order chi connectivity index (χ0) is 13.1. The average Bonchev–Trinajstić information content (AvgIpc) is 2.79. The number of hydrogen-bond acceptors (Lipinski definition) is 4. The van der Waals surface area contributed by atoms with Gasteiger partial charge in [-0.05, 0) is 12.1 Å². The molecule has 0 saturated heterocycles. The lowest BCUT2D eigenvalue weighted by molar-refractivity contribution is 0.241. The Morgan fingerprint density at radius 3 is 2.83 bits per heavy atom. The normalized spacial score (nSPS) is 10.9. The number of aromatic nitrogens is 2. The molecule has 0 aliphatic rings. The van der Waals surface area contributed by atoms with Gasteiger partial charge in [-0.3, -0.25) is 0 Å². The molecule has 0 fully saturated rings. The van der Waals surface area contributed by atoms with Crippen LogP contribution in [0.3, 0.4) is 0 Å². The van der Waals surface area contributed by atoms with Crippen molar-refractivity contribution in [3.05, 3.63) is 40.8 Å². The predicted molar refractivity (Wildman–Crippen MR) is 64.1 cm³/mol. The first-order chi connectivity index (χ1) is 8.56. The Hall–Kier alpha value is -1.62. The molecule has 0 bridgehead atoms. The Bertz CT molecular complexity index is 543. The van der Waals surface area contributed by atoms with E-state index in [0.29, 0.717) is 17.5 Å². The lowest BCUT2D eigenvalue weighted by Crippen LogP contribution is -1.97. The van der Waals surface area contributed by atoms with Crippen molar-refractivity contribution in [3.8, 4) is 5.75 Å². The first-order valence-corrected chi connectivity index (χ1v) is 5.84. The van der Waals surface area contributed by atoms with E-state index in [1.807, 2.05) is 13.8 Å². The number of hydrogen-bond donors (Lipinski definition) is 0. The van der Waals surface area contributed by atoms with Gasteiger partial charge in [0.1, 0.15) is 11.6 Å². The van der Waals surface area contributed by atoms with Gasteiger partial charge in [0.2, 0.25) is 0 Å². The van der Waals surface area contributed by atoms with E-state index < -0.39 is 5.82 Å². The summed E-state index contributed by atoms with van der Waals surface area (Å²) in [5.74, 6) is 1.00. The van der Waals surface area contributed by atoms with Crippen LogP contribution in [0, 0.1) is 5.82 Å². The van der Waals surface area contributed by atoms with Crippen molar-refractivity contribution < 1.29 is 13.7 Å². The molecule has 0 radical (unpaired) electrons. The van der Waals surface area contributed by atoms with Crippen molar-refractivity contribution in [1.82, 2.24) is 10.1 Å². The Morgan fingerprint density at radius 2 is 2.22 bits per heavy atom. The minimum absolute atomic E-state index is 0.0576. The van der Waals surface area contributed by atoms with Crippen LogP contribution in [0.15, 0.2) is 22.7 Å². The first-order valence-electron chi connectivity index (χ1n) is 5.46. The van der Waals surface area contributed by atoms with Crippen LogP contribution in [0.2, 0.25) is 5.02 Å². The second kappa shape index (κ2) is 5.35. The summed E-state index contributed by atoms with van der Waals surface area (Å²) < 4.78 is 23.5. The number of ether oxygens (including phenoxy) is 1. The van der Waals surface area contributed by atoms with E-state index in [1.165, 1.54) is 12.1 Å². The lowest BCUT2D eigenvalue weighted by Gasteiger charge is -2.03. The van der Waals surface area contributed by atoms with Crippen molar-refractivity contribution in [3.63, 3.8) is 0 Å². The number of nitrogens with zero attached hydrogens (tertiary/aromatic N) is 2. The maximum absolute atomic E-state index is 13.2. The molecule has 1 aromatic heterocycles. The molecular weight excluding hydrogens is 259 g/mol. The summed E-state index contributed by atoms with van der Waals surface area (Å²) in [6, 6.07) is 4.22. The van der Waals surface area contributed by atoms with E-state index in [4.69, 9.17) is 20.9 Å². The third-order valence-corrected chi connectivity index (χ3v) is 2.56. The van der Waals surface area contributed by atoms with Gasteiger partial charge in [-0.25, -0.2) is 4.39 Å². The Morgan fingerprint density at radius 1 is 1.44 bits per heavy atom. The van der Waals surface area contributed by atoms with Crippen molar-refractivity contribution in [2.75, 3.05) is 0 Å². The molecule has 0 amide bonds. The third-order valence-electron chi connectivity index (χ3n) is 2.25. The minimum Gasteiger partial charge on any atom is -0.484 e. The molecule has 2 aromatic rings. The second-order valence-corrected chi connectivity index (χ2v) is 4.47. The summed E-state index contributed by atoms with van der Waals surface area (Å²) in [6.45, 7) is 4.02. The molecule has 4 nitrogen and oxygen atoms in total. The van der Waals surface area contributed by atoms with Gasteiger partial charge in [-0.15, -0.1) is 0 Å². The van der Waals surface area contributed by atoms with Crippen LogP contribution in [0.5, 0.6) is 5.75 Å². The van der Waals surface area contributed by atoms with Crippen LogP contribution < -0.4 is 4.74 Å². The van der Waals surface area contributed by atoms with Gasteiger partial charge in [0.05, 0.1) is 5.02 Å². The second-order valence-electron chi connectivity index (χ2n) is 4.07. The van der Waals surface area contributed by atoms with Gasteiger partial charge in [-0.1, -0.05) is 30.6 Å². The number of rotatable bonds is 4. The highest BCUT2D eigenvalue weighted by Crippen LogP contribution is 2.21. The summed E-state index contributed by atoms with van der Waals surface area (Å²) >= 11 is 5.56. The quantitative estimate of drug-likeness (QED) is 0.852. The fraction of sp³-hybridized carbons (Fsp3) is 0.333. The standard InChI is InChI=1S/C12H12ClFN2O2/c1-7(2)12-15-11(18-16-12)6-17-8-3-4-9(13)10(14)5-8/h3-5,7H,6H2,1-2H3. The summed E-state index contributed by atoms with van der Waals surface area (Å²) in [5, 5.41) is 3.86. The molecule has 2 rings (SSSR count). The average molecular weight is 271 g/mol. The largest absolute Gasteiger partial charge is 0.484 e. The summed E-state index contributed by atoms with van der Waals surface area (Å²) in [6.07, 6.45) is 0. The highest BCUT2D eigenvalue weighted by atomic mass is 35.5. The van der Waals surface area contributed by atoms with Crippen LogP contribution in [-0.2, 0) is 6.61 Å². The van der Waals surface area contributed by atoms with Crippen LogP contribution in [0.25, 0.3) is 0 Å². The van der Waals surface area contributed by atoms with Crippen LogP contribution >= 0.6 is 11.6 Å². The minimum atomic E-state index is -0.525. The predicted octanol–water partition coefficient (Wildman–Crippen LogP) is 3.56. The SMILES string of the molecule is CC(C)c1noc(COc2ccc(Cl)c(F)c2)n1. The molecule has 1 heterocycles. The molecule has 96 valence electrons. The van der Waals surface area contributed by atoms with Crippen molar-refractivity contribution in [1.29, 1.82) is 0 Å². The van der Waals surface area contributed by atoms with E-state index in [0.717, 1.165) is 0 Å². The molecular formula is C12H12ClFN2O2. The molecule has 1 aromatic carbocycles. The van der Waals surface area contributed by atoms with E-state index in [9.17, 15) is 4.39 Å². The van der Waals surface area contributed by atoms with E-state index in [-0.39, 0.29) is 17.5 Å². The van der Waals surface area contributed by atoms with Crippen LogP contribution in [0.4, 0.5) is 4.39 Å². The fourth-order valence-electron chi connectivity index (χ4n) is 1.27. The highest BCUT2D eigenvalue weighted by molar-refractivity contribution is 6.30. The fourth-order valence-corrected chi connectivity index (χ4v) is 1.39. The van der Waals surface area contributed by atoms with Gasteiger partial charge in [0, 0.05) is 12.0 Å². The smallest absolute Gasteiger partial charge is 0.264 e. The lowest BCUT2D eigenvalue weighted by atomic mass is 10.2. The Labute approximate surface area is 109 Å². The van der Waals surface area contributed by atoms with Crippen LogP contribution in [-0.4, -0.2) is 10.1 Å². The monoisotopic (exact) mass is 270 g/mol. The van der Waals surface area contributed by atoms with E-state index >= 15 is 0 Å². The maximum atomic E-state index is 13.2. The van der Waals surface area contributed by atoms with Gasteiger partial charge >= 0.3 is 0 Å². The topological polar surface area (TPSA) is 48.2 Å². The molecule has 0 spiro atoms. The summed E-state index contributed by atoms with van der Waals surface area (Å²) in [7, 11) is 0. The summed E-state index contributed by atoms with van der Waals surface area (Å²) in [5.41, 5.74) is 0. The zero-order valence-corrected chi connectivity index (χ0v) is 10.7. The molecule has 0 aliphatic heterocycles. The first kappa shape index (κ1) is 12.8. The van der Waals surface area contributed by atoms with Gasteiger partial charge in [-0.2, -0.15) is 4.98 Å². The molecule has 0 N–H and O–H groups in total. The number of benzene rings is 1. The van der Waals surface area contributed by atoms with Crippen LogP contribution in [0.1, 0.15) is 31.5 Å². The summed E-state index contributed by atoms with van der Waals surface area (Å²) in [4.78, 5) is 4.14. The molecule has 0 unspecified atom stereocenters. The van der Waals surface area contributed by atoms with E-state index in [2.05, 4.69) is 10.1 Å². The van der Waals surface area contributed by atoms with Gasteiger partial charge < -0.3 is 9.26 Å². The van der Waals surface area contributed by atoms with Crippen molar-refractivity contribution in [2.24, 2.45) is 0 Å². The molecule has 0 atom stereocenters. The van der Waals surface area contributed by atoms with Crippen molar-refractivity contribution >= 4 is 11.6 Å². The zero-order valence-electron chi connectivity index (χ0n) is 9.98. The maximum Gasteiger partial charge on any atom is 0.264 e. The third kappa shape index (κ3) is 2.98. The Kier molecular flexibility index (Phi) is 3.81. The van der Waals surface area contributed by atoms with E-state index in [1.54, 1.807) is 6.07 Å². The van der Waals surface area contributed by atoms with Gasteiger partial charge in [0.15, 0.2) is 12.4 Å². The Balaban J connectivity index is 2.00. The molecule has 0 aliphatic carbocycles. The molecule has 6 heteroatoms. The van der Waals surface area contributed by atoms with Crippen molar-refractivity contribution in [2.45, 2.75) is 26.4 Å². The molecule has 0 saturated carbocycles.